The molecule has 1 aliphatic heterocycles. The second kappa shape index (κ2) is 12.8. The number of nitrogens with one attached hydrogen (secondary N) is 1. The maximum atomic E-state index is 13.3. The molecule has 3 aromatic rings. The Morgan fingerprint density at radius 1 is 1.17 bits per heavy atom. The number of nitriles is 1. The molecular formula is C30H28ClN3O7. The molecule has 0 bridgehead atoms. The van der Waals surface area contributed by atoms with E-state index < -0.39 is 35.7 Å². The van der Waals surface area contributed by atoms with Gasteiger partial charge in [0, 0.05) is 28.6 Å². The molecular weight excluding hydrogens is 550 g/mol. The number of Topliss-reactive ketones (excluding diaryl/α,β-unsaturated/α-hetero) is 1. The molecule has 1 saturated heterocycles. The Kier molecular flexibility index (Phi) is 9.22. The van der Waals surface area contributed by atoms with Crippen LogP contribution in [-0.2, 0) is 20.7 Å². The van der Waals surface area contributed by atoms with Crippen LogP contribution in [0.1, 0.15) is 47.3 Å². The Hall–Kier alpha value is -4.46. The van der Waals surface area contributed by atoms with Crippen molar-refractivity contribution in [1.29, 1.82) is 5.26 Å². The quantitative estimate of drug-likeness (QED) is 0.343. The standard InChI is InChI=1S/C30H28ClN3O7/c1-3-23(34-16-26(40-2)22(14-27(34)36)21-13-20(31)9-8-19(21)15-32)24(35)12-17-4-6-18(7-5-17)30(39)41-25-10-11-33-28(25)29(37)38/h4-9,13-14,16,23,25,28,33H,3,10-12H2,1-2H3,(H,37,38)/t23?,25-,28-/m0/s1. The first kappa shape index (κ1) is 29.5. The minimum Gasteiger partial charge on any atom is -0.495 e. The molecule has 212 valence electrons. The predicted octanol–water partition coefficient (Wildman–Crippen LogP) is 3.78. The zero-order chi connectivity index (χ0) is 29.7. The van der Waals surface area contributed by atoms with E-state index in [1.54, 1.807) is 37.3 Å². The van der Waals surface area contributed by atoms with Crippen LogP contribution in [-0.4, -0.2) is 53.2 Å². The fourth-order valence-corrected chi connectivity index (χ4v) is 5.07. The van der Waals surface area contributed by atoms with E-state index in [4.69, 9.17) is 21.1 Å². The first-order valence-electron chi connectivity index (χ1n) is 13.0. The molecule has 10 nitrogen and oxygen atoms in total. The lowest BCUT2D eigenvalue weighted by molar-refractivity contribution is -0.141. The van der Waals surface area contributed by atoms with Crippen molar-refractivity contribution in [3.05, 3.63) is 86.8 Å². The van der Waals surface area contributed by atoms with Gasteiger partial charge in [0.15, 0.2) is 5.78 Å². The second-order valence-electron chi connectivity index (χ2n) is 9.57. The summed E-state index contributed by atoms with van der Waals surface area (Å²) in [6, 6.07) is 12.7. The summed E-state index contributed by atoms with van der Waals surface area (Å²) in [6.07, 6.45) is 1.45. The summed E-state index contributed by atoms with van der Waals surface area (Å²) >= 11 is 6.14. The van der Waals surface area contributed by atoms with E-state index in [2.05, 4.69) is 11.4 Å². The zero-order valence-electron chi connectivity index (χ0n) is 22.4. The second-order valence-corrected chi connectivity index (χ2v) is 10.0. The van der Waals surface area contributed by atoms with Crippen LogP contribution in [0.5, 0.6) is 5.75 Å². The van der Waals surface area contributed by atoms with E-state index in [-0.39, 0.29) is 17.8 Å². The molecule has 2 heterocycles. The highest BCUT2D eigenvalue weighted by Crippen LogP contribution is 2.33. The van der Waals surface area contributed by atoms with E-state index in [1.807, 2.05) is 0 Å². The molecule has 0 saturated carbocycles. The molecule has 1 fully saturated rings. The van der Waals surface area contributed by atoms with Gasteiger partial charge in [-0.1, -0.05) is 30.7 Å². The first-order chi connectivity index (χ1) is 19.7. The van der Waals surface area contributed by atoms with E-state index in [1.165, 1.54) is 36.1 Å². The molecule has 2 N–H and O–H groups in total. The predicted molar refractivity (Wildman–Crippen MR) is 150 cm³/mol. The van der Waals surface area contributed by atoms with Gasteiger partial charge in [-0.15, -0.1) is 0 Å². The number of carbonyl (C=O) groups is 3. The Bertz CT molecular complexity index is 1580. The fraction of sp³-hybridized carbons (Fsp3) is 0.300. The van der Waals surface area contributed by atoms with Crippen LogP contribution in [0.25, 0.3) is 11.1 Å². The summed E-state index contributed by atoms with van der Waals surface area (Å²) < 4.78 is 12.2. The molecule has 0 aliphatic carbocycles. The molecule has 4 rings (SSSR count). The number of halogens is 1. The first-order valence-corrected chi connectivity index (χ1v) is 13.3. The molecule has 1 unspecified atom stereocenters. The van der Waals surface area contributed by atoms with Crippen molar-refractivity contribution in [2.75, 3.05) is 13.7 Å². The third-order valence-electron chi connectivity index (χ3n) is 7.01. The van der Waals surface area contributed by atoms with Gasteiger partial charge in [0.25, 0.3) is 5.56 Å². The summed E-state index contributed by atoms with van der Waals surface area (Å²) in [5.74, 6) is -1.64. The number of benzene rings is 2. The highest BCUT2D eigenvalue weighted by atomic mass is 35.5. The summed E-state index contributed by atoms with van der Waals surface area (Å²) in [4.78, 5) is 50.4. The van der Waals surface area contributed by atoms with Gasteiger partial charge >= 0.3 is 11.9 Å². The van der Waals surface area contributed by atoms with Crippen LogP contribution in [0.15, 0.2) is 59.5 Å². The Balaban J connectivity index is 1.52. The molecule has 11 heteroatoms. The Labute approximate surface area is 241 Å². The third-order valence-corrected chi connectivity index (χ3v) is 7.24. The SMILES string of the molecule is CCC(C(=O)Cc1ccc(C(=O)O[C@H]2CCN[C@@H]2C(=O)O)cc1)n1cc(OC)c(-c2cc(Cl)ccc2C#N)cc1=O. The van der Waals surface area contributed by atoms with Crippen molar-refractivity contribution >= 4 is 29.3 Å². The van der Waals surface area contributed by atoms with E-state index in [0.29, 0.717) is 52.4 Å². The zero-order valence-corrected chi connectivity index (χ0v) is 23.2. The monoisotopic (exact) mass is 577 g/mol. The smallest absolute Gasteiger partial charge is 0.338 e. The lowest BCUT2D eigenvalue weighted by Gasteiger charge is -2.20. The van der Waals surface area contributed by atoms with Crippen LogP contribution in [0.3, 0.4) is 0 Å². The average molecular weight is 578 g/mol. The number of hydrogen-bond donors (Lipinski definition) is 2. The maximum Gasteiger partial charge on any atom is 0.338 e. The molecule has 1 aromatic heterocycles. The third kappa shape index (κ3) is 6.48. The van der Waals surface area contributed by atoms with E-state index in [0.717, 1.165) is 0 Å². The number of rotatable bonds is 10. The number of aromatic nitrogens is 1. The molecule has 3 atom stereocenters. The normalized spacial score (nSPS) is 16.9. The summed E-state index contributed by atoms with van der Waals surface area (Å²) in [5.41, 5.74) is 1.58. The minimum absolute atomic E-state index is 0.00481. The number of carboxylic acid groups (broad SMARTS) is 1. The van der Waals surface area contributed by atoms with Gasteiger partial charge in [-0.25, -0.2) is 4.79 Å². The molecule has 0 amide bonds. The number of carboxylic acids is 1. The number of ketones is 1. The Morgan fingerprint density at radius 2 is 1.90 bits per heavy atom. The summed E-state index contributed by atoms with van der Waals surface area (Å²) in [7, 11) is 1.44. The van der Waals surface area contributed by atoms with Gasteiger partial charge in [-0.05, 0) is 55.3 Å². The van der Waals surface area contributed by atoms with Crippen LogP contribution < -0.4 is 15.6 Å². The van der Waals surface area contributed by atoms with E-state index in [9.17, 15) is 29.5 Å². The number of pyridine rings is 1. The fourth-order valence-electron chi connectivity index (χ4n) is 4.90. The number of carbonyl (C=O) groups excluding carboxylic acids is 2. The average Bonchev–Trinajstić information content (AvgIpc) is 3.43. The van der Waals surface area contributed by atoms with Crippen LogP contribution in [0.2, 0.25) is 5.02 Å². The number of ether oxygens (including phenoxy) is 2. The molecule has 41 heavy (non-hydrogen) atoms. The number of nitrogens with zero attached hydrogens (tertiary/aromatic N) is 2. The van der Waals surface area contributed by atoms with Crippen molar-refractivity contribution in [2.24, 2.45) is 0 Å². The topological polar surface area (TPSA) is 148 Å². The highest BCUT2D eigenvalue weighted by molar-refractivity contribution is 6.31. The number of aliphatic carboxylic acids is 1. The van der Waals surface area contributed by atoms with Gasteiger partial charge in [-0.2, -0.15) is 5.26 Å². The van der Waals surface area contributed by atoms with Crippen molar-refractivity contribution in [3.63, 3.8) is 0 Å². The van der Waals surface area contributed by atoms with Crippen molar-refractivity contribution in [2.45, 2.75) is 44.4 Å². The molecule has 1 aliphatic rings. The van der Waals surface area contributed by atoms with Gasteiger partial charge in [0.05, 0.1) is 36.5 Å². The van der Waals surface area contributed by atoms with Crippen LogP contribution in [0.4, 0.5) is 0 Å². The van der Waals surface area contributed by atoms with Gasteiger partial charge in [0.2, 0.25) is 0 Å². The number of hydrogen-bond acceptors (Lipinski definition) is 8. The number of methoxy groups -OCH3 is 1. The van der Waals surface area contributed by atoms with E-state index >= 15 is 0 Å². The van der Waals surface area contributed by atoms with Gasteiger partial charge in [-0.3, -0.25) is 14.4 Å². The minimum atomic E-state index is -1.08. The largest absolute Gasteiger partial charge is 0.495 e. The van der Waals surface area contributed by atoms with Crippen molar-refractivity contribution < 1.29 is 29.0 Å². The van der Waals surface area contributed by atoms with Crippen LogP contribution >= 0.6 is 11.6 Å². The number of esters is 1. The van der Waals surface area contributed by atoms with Gasteiger partial charge < -0.3 is 24.5 Å². The molecule has 0 spiro atoms. The summed E-state index contributed by atoms with van der Waals surface area (Å²) in [5, 5.41) is 22.0. The Morgan fingerprint density at radius 3 is 2.54 bits per heavy atom. The van der Waals surface area contributed by atoms with Gasteiger partial charge in [0.1, 0.15) is 17.9 Å². The maximum absolute atomic E-state index is 13.3. The van der Waals surface area contributed by atoms with Crippen molar-refractivity contribution in [1.82, 2.24) is 9.88 Å². The highest BCUT2D eigenvalue weighted by Gasteiger charge is 2.35. The summed E-state index contributed by atoms with van der Waals surface area (Å²) in [6.45, 7) is 2.23. The molecule has 0 radical (unpaired) electrons. The van der Waals surface area contributed by atoms with Crippen molar-refractivity contribution in [3.8, 4) is 22.9 Å². The lowest BCUT2D eigenvalue weighted by Crippen LogP contribution is -2.40. The lowest BCUT2D eigenvalue weighted by atomic mass is 9.98. The van der Waals surface area contributed by atoms with Crippen LogP contribution in [0, 0.1) is 11.3 Å². The molecule has 2 aromatic carbocycles.